The van der Waals surface area contributed by atoms with Crippen molar-refractivity contribution in [2.24, 2.45) is 0 Å². The molecule has 4 rings (SSSR count). The molecular weight excluding hydrogens is 322 g/mol. The number of carbonyl (C=O) groups is 1. The Hall–Kier alpha value is -2.65. The zero-order valence-corrected chi connectivity index (χ0v) is 14.9. The Morgan fingerprint density at radius 1 is 0.885 bits per heavy atom. The van der Waals surface area contributed by atoms with Gasteiger partial charge in [0, 0.05) is 19.6 Å². The van der Waals surface area contributed by atoms with Gasteiger partial charge in [0.15, 0.2) is 0 Å². The quantitative estimate of drug-likeness (QED) is 0.523. The summed E-state index contributed by atoms with van der Waals surface area (Å²) >= 11 is 0. The number of ether oxygens (including phenoxy) is 1. The van der Waals surface area contributed by atoms with E-state index in [0.717, 1.165) is 32.5 Å². The van der Waals surface area contributed by atoms with Gasteiger partial charge in [-0.1, -0.05) is 66.3 Å². The van der Waals surface area contributed by atoms with Crippen LogP contribution in [-0.2, 0) is 9.53 Å². The van der Waals surface area contributed by atoms with Crippen molar-refractivity contribution in [2.75, 3.05) is 26.2 Å². The number of hydrogen-bond donors (Lipinski definition) is 0. The van der Waals surface area contributed by atoms with Gasteiger partial charge in [-0.2, -0.15) is 0 Å². The van der Waals surface area contributed by atoms with Crippen molar-refractivity contribution in [3.8, 4) is 0 Å². The van der Waals surface area contributed by atoms with Crippen LogP contribution < -0.4 is 0 Å². The van der Waals surface area contributed by atoms with Crippen molar-refractivity contribution in [3.63, 3.8) is 0 Å². The molecule has 0 unspecified atom stereocenters. The number of piperidine rings is 1. The van der Waals surface area contributed by atoms with E-state index in [0.29, 0.717) is 13.1 Å². The Morgan fingerprint density at radius 3 is 2.04 bits per heavy atom. The van der Waals surface area contributed by atoms with Crippen LogP contribution in [0.3, 0.4) is 0 Å². The van der Waals surface area contributed by atoms with Crippen LogP contribution in [0, 0.1) is 0 Å². The molecule has 0 aromatic heterocycles. The molecule has 2 aliphatic rings. The lowest BCUT2D eigenvalue weighted by molar-refractivity contribution is -0.129. The van der Waals surface area contributed by atoms with Gasteiger partial charge in [-0.15, -0.1) is 0 Å². The van der Waals surface area contributed by atoms with Gasteiger partial charge in [0.2, 0.25) is 0 Å². The third kappa shape index (κ3) is 3.35. The summed E-state index contributed by atoms with van der Waals surface area (Å²) in [6.07, 6.45) is 6.57. The summed E-state index contributed by atoms with van der Waals surface area (Å²) in [5.74, 6) is 0. The van der Waals surface area contributed by atoms with E-state index >= 15 is 0 Å². The maximum atomic E-state index is 10.3. The predicted octanol–water partition coefficient (Wildman–Crippen LogP) is 4.24. The fourth-order valence-corrected chi connectivity index (χ4v) is 3.97. The van der Waals surface area contributed by atoms with E-state index in [1.165, 1.54) is 33.4 Å². The minimum atomic E-state index is 0.477. The Morgan fingerprint density at radius 2 is 1.46 bits per heavy atom. The highest BCUT2D eigenvalue weighted by molar-refractivity contribution is 5.94. The summed E-state index contributed by atoms with van der Waals surface area (Å²) in [6.45, 7) is 3.85. The van der Waals surface area contributed by atoms with Crippen LogP contribution in [0.1, 0.15) is 35.1 Å². The number of fused-ring (bicyclic) bond motifs is 2. The van der Waals surface area contributed by atoms with Gasteiger partial charge in [0.05, 0.1) is 0 Å². The molecule has 0 spiro atoms. The van der Waals surface area contributed by atoms with Crippen LogP contribution >= 0.6 is 0 Å². The van der Waals surface area contributed by atoms with Crippen LogP contribution in [0.15, 0.2) is 54.1 Å². The van der Waals surface area contributed by atoms with E-state index < -0.39 is 0 Å². The molecule has 3 nitrogen and oxygen atoms in total. The zero-order valence-electron chi connectivity index (χ0n) is 14.9. The monoisotopic (exact) mass is 345 g/mol. The van der Waals surface area contributed by atoms with Crippen molar-refractivity contribution < 1.29 is 9.53 Å². The van der Waals surface area contributed by atoms with Crippen molar-refractivity contribution in [3.05, 3.63) is 76.4 Å². The highest BCUT2D eigenvalue weighted by Gasteiger charge is 2.22. The predicted molar refractivity (Wildman–Crippen MR) is 106 cm³/mol. The molecule has 0 N–H and O–H groups in total. The second-order valence-corrected chi connectivity index (χ2v) is 6.80. The molecule has 0 radical (unpaired) electrons. The molecule has 3 heteroatoms. The van der Waals surface area contributed by atoms with E-state index in [1.807, 2.05) is 0 Å². The minimum absolute atomic E-state index is 0.477. The van der Waals surface area contributed by atoms with E-state index in [9.17, 15) is 4.79 Å². The van der Waals surface area contributed by atoms with Crippen molar-refractivity contribution in [1.82, 2.24) is 4.90 Å². The first kappa shape index (κ1) is 16.8. The maximum Gasteiger partial charge on any atom is 0.293 e. The van der Waals surface area contributed by atoms with E-state index in [2.05, 4.69) is 65.6 Å². The van der Waals surface area contributed by atoms with Crippen LogP contribution in [0.4, 0.5) is 0 Å². The largest absolute Gasteiger partial charge is 0.467 e. The van der Waals surface area contributed by atoms with Crippen molar-refractivity contribution >= 4 is 24.2 Å². The summed E-state index contributed by atoms with van der Waals surface area (Å²) in [5.41, 5.74) is 8.18. The third-order valence-corrected chi connectivity index (χ3v) is 5.31. The van der Waals surface area contributed by atoms with Gasteiger partial charge in [-0.3, -0.25) is 9.69 Å². The molecule has 2 aromatic rings. The third-order valence-electron chi connectivity index (χ3n) is 5.31. The SMILES string of the molecule is O=COCCN1CCC(=C2c3ccccc3C=Cc3ccccc32)CC1. The zero-order chi connectivity index (χ0) is 17.8. The van der Waals surface area contributed by atoms with Gasteiger partial charge >= 0.3 is 0 Å². The highest BCUT2D eigenvalue weighted by atomic mass is 16.5. The van der Waals surface area contributed by atoms with Gasteiger partial charge in [0.1, 0.15) is 6.61 Å². The summed E-state index contributed by atoms with van der Waals surface area (Å²) in [6, 6.07) is 17.4. The number of likely N-dealkylation sites (tertiary alicyclic amines) is 1. The standard InChI is InChI=1S/C23H23NO2/c25-17-26-16-15-24-13-11-20(12-14-24)23-21-7-3-1-5-18(21)9-10-19-6-2-4-8-22(19)23/h1-10,17H,11-16H2. The van der Waals surface area contributed by atoms with E-state index in [1.54, 1.807) is 0 Å². The molecule has 0 amide bonds. The summed E-state index contributed by atoms with van der Waals surface area (Å²) in [5, 5.41) is 0. The normalized spacial score (nSPS) is 16.6. The molecule has 1 aliphatic carbocycles. The molecule has 1 aliphatic heterocycles. The molecule has 0 saturated carbocycles. The fourth-order valence-electron chi connectivity index (χ4n) is 3.97. The Labute approximate surface area is 154 Å². The van der Waals surface area contributed by atoms with Crippen molar-refractivity contribution in [1.29, 1.82) is 0 Å². The second-order valence-electron chi connectivity index (χ2n) is 6.80. The Kier molecular flexibility index (Phi) is 4.98. The summed E-state index contributed by atoms with van der Waals surface area (Å²) in [7, 11) is 0. The number of benzene rings is 2. The highest BCUT2D eigenvalue weighted by Crippen LogP contribution is 2.38. The summed E-state index contributed by atoms with van der Waals surface area (Å²) in [4.78, 5) is 12.7. The van der Waals surface area contributed by atoms with Crippen LogP contribution in [-0.4, -0.2) is 37.6 Å². The number of rotatable bonds is 4. The molecule has 1 saturated heterocycles. The molecule has 2 aromatic carbocycles. The van der Waals surface area contributed by atoms with Gasteiger partial charge in [0.25, 0.3) is 6.47 Å². The molecule has 132 valence electrons. The van der Waals surface area contributed by atoms with Crippen LogP contribution in [0.2, 0.25) is 0 Å². The number of hydrogen-bond acceptors (Lipinski definition) is 3. The van der Waals surface area contributed by atoms with E-state index in [4.69, 9.17) is 4.74 Å². The van der Waals surface area contributed by atoms with Gasteiger partial charge < -0.3 is 4.74 Å². The lowest BCUT2D eigenvalue weighted by Gasteiger charge is -2.30. The molecule has 0 atom stereocenters. The second kappa shape index (κ2) is 7.71. The van der Waals surface area contributed by atoms with Crippen LogP contribution in [0.25, 0.3) is 17.7 Å². The van der Waals surface area contributed by atoms with Crippen LogP contribution in [0.5, 0.6) is 0 Å². The molecule has 1 fully saturated rings. The van der Waals surface area contributed by atoms with Gasteiger partial charge in [-0.05, 0) is 40.7 Å². The molecule has 26 heavy (non-hydrogen) atoms. The lowest BCUT2D eigenvalue weighted by Crippen LogP contribution is -2.33. The molecule has 0 bridgehead atoms. The lowest BCUT2D eigenvalue weighted by atomic mass is 9.86. The Balaban J connectivity index is 1.69. The Bertz CT molecular complexity index is 805. The topological polar surface area (TPSA) is 29.5 Å². The average Bonchev–Trinajstić information content (AvgIpc) is 2.86. The first-order chi connectivity index (χ1) is 12.9. The molecule has 1 heterocycles. The average molecular weight is 345 g/mol. The smallest absolute Gasteiger partial charge is 0.293 e. The molecular formula is C23H23NO2. The van der Waals surface area contributed by atoms with Crippen molar-refractivity contribution in [2.45, 2.75) is 12.8 Å². The number of nitrogens with zero attached hydrogens (tertiary/aromatic N) is 1. The summed E-state index contributed by atoms with van der Waals surface area (Å²) < 4.78 is 4.85. The van der Waals surface area contributed by atoms with E-state index in [-0.39, 0.29) is 0 Å². The first-order valence-electron chi connectivity index (χ1n) is 9.23. The minimum Gasteiger partial charge on any atom is -0.467 e. The maximum absolute atomic E-state index is 10.3. The number of carbonyl (C=O) groups excluding carboxylic acids is 1. The fraction of sp³-hybridized carbons (Fsp3) is 0.261. The first-order valence-corrected chi connectivity index (χ1v) is 9.23. The van der Waals surface area contributed by atoms with Gasteiger partial charge in [-0.25, -0.2) is 0 Å².